The molecule has 1 aromatic rings. The fraction of sp³-hybridized carbons (Fsp3) is 0.200. The number of nitrogens with one attached hydrogen (secondary N) is 1. The lowest BCUT2D eigenvalue weighted by molar-refractivity contribution is -0.345. The van der Waals surface area contributed by atoms with Crippen LogP contribution >= 0.6 is 0 Å². The van der Waals surface area contributed by atoms with Crippen LogP contribution in [0, 0.1) is 5.82 Å². The number of aliphatic hydroxyl groups is 1. The summed E-state index contributed by atoms with van der Waals surface area (Å²) in [4.78, 5) is 4.08. The van der Waals surface area contributed by atoms with E-state index in [1.165, 1.54) is 12.1 Å². The number of rotatable bonds is 1. The minimum Gasteiger partial charge on any atom is -0.354 e. The predicted octanol–water partition coefficient (Wildman–Crippen LogP) is 1.95. The van der Waals surface area contributed by atoms with E-state index >= 15 is 0 Å². The number of hydrogen-bond acceptors (Lipinski definition) is 3. The third-order valence-corrected chi connectivity index (χ3v) is 2.20. The maximum absolute atomic E-state index is 12.9. The van der Waals surface area contributed by atoms with Crippen LogP contribution in [0.5, 0.6) is 0 Å². The maximum atomic E-state index is 12.9. The van der Waals surface area contributed by atoms with Gasteiger partial charge in [0.05, 0.1) is 5.70 Å². The summed E-state index contributed by atoms with van der Waals surface area (Å²) >= 11 is 0. The average Bonchev–Trinajstić information content (AvgIpc) is 2.61. The Morgan fingerprint density at radius 2 is 2.00 bits per heavy atom. The van der Waals surface area contributed by atoms with Crippen molar-refractivity contribution in [2.24, 2.45) is 0 Å². The molecule has 1 unspecified atom stereocenters. The Balaban J connectivity index is 2.35. The largest absolute Gasteiger partial charge is 0.449 e. The fourth-order valence-electron chi connectivity index (χ4n) is 1.33. The minimum absolute atomic E-state index is 0.144. The summed E-state index contributed by atoms with van der Waals surface area (Å²) in [6.07, 6.45) is -4.53. The summed E-state index contributed by atoms with van der Waals surface area (Å²) in [6, 6.07) is 4.88. The third-order valence-electron chi connectivity index (χ3n) is 2.20. The van der Waals surface area contributed by atoms with Crippen LogP contribution in [0.15, 0.2) is 30.3 Å². The van der Waals surface area contributed by atoms with Crippen molar-refractivity contribution in [3.05, 3.63) is 41.7 Å². The fourth-order valence-corrected chi connectivity index (χ4v) is 1.33. The lowest BCUT2D eigenvalue weighted by atomic mass is 10.1. The first-order valence-corrected chi connectivity index (χ1v) is 4.54. The molecule has 1 aliphatic rings. The second kappa shape index (κ2) is 3.71. The first-order chi connectivity index (χ1) is 7.82. The molecule has 92 valence electrons. The van der Waals surface area contributed by atoms with E-state index < -0.39 is 17.8 Å². The molecule has 1 heterocycles. The van der Waals surface area contributed by atoms with Crippen molar-refractivity contribution >= 4 is 5.70 Å². The number of halogens is 4. The first kappa shape index (κ1) is 11.9. The molecule has 0 fully saturated rings. The molecule has 0 spiro atoms. The molecule has 2 N–H and O–H groups in total. The van der Waals surface area contributed by atoms with Crippen molar-refractivity contribution in [3.8, 4) is 0 Å². The van der Waals surface area contributed by atoms with Gasteiger partial charge in [-0.05, 0) is 12.1 Å². The summed E-state index contributed by atoms with van der Waals surface area (Å²) in [7, 11) is 0. The van der Waals surface area contributed by atoms with E-state index in [4.69, 9.17) is 5.11 Å². The molecule has 7 heteroatoms. The van der Waals surface area contributed by atoms with Crippen LogP contribution in [0.3, 0.4) is 0 Å². The summed E-state index contributed by atoms with van der Waals surface area (Å²) in [5.41, 5.74) is 1.92. The van der Waals surface area contributed by atoms with E-state index in [2.05, 4.69) is 4.84 Å². The van der Waals surface area contributed by atoms with Crippen LogP contribution in [-0.4, -0.2) is 17.1 Å². The van der Waals surface area contributed by atoms with E-state index in [1.807, 2.05) is 5.48 Å². The van der Waals surface area contributed by atoms with Gasteiger partial charge in [0, 0.05) is 11.6 Å². The van der Waals surface area contributed by atoms with Crippen molar-refractivity contribution in [1.29, 1.82) is 0 Å². The lowest BCUT2D eigenvalue weighted by Crippen LogP contribution is -2.45. The predicted molar refractivity (Wildman–Crippen MR) is 49.6 cm³/mol. The number of alkyl halides is 3. The van der Waals surface area contributed by atoms with Crippen molar-refractivity contribution in [3.63, 3.8) is 0 Å². The highest BCUT2D eigenvalue weighted by atomic mass is 19.4. The van der Waals surface area contributed by atoms with Gasteiger partial charge < -0.3 is 5.11 Å². The topological polar surface area (TPSA) is 41.5 Å². The van der Waals surface area contributed by atoms with Crippen LogP contribution < -0.4 is 5.48 Å². The molecule has 3 nitrogen and oxygen atoms in total. The van der Waals surface area contributed by atoms with Crippen LogP contribution in [0.25, 0.3) is 5.70 Å². The molecule has 0 bridgehead atoms. The average molecular weight is 249 g/mol. The molecule has 0 aromatic heterocycles. The number of benzene rings is 1. The highest BCUT2D eigenvalue weighted by Crippen LogP contribution is 2.37. The Labute approximate surface area is 93.3 Å². The van der Waals surface area contributed by atoms with Gasteiger partial charge >= 0.3 is 12.0 Å². The zero-order chi connectivity index (χ0) is 12.7. The molecule has 0 aliphatic carbocycles. The number of hydrogen-bond donors (Lipinski definition) is 2. The van der Waals surface area contributed by atoms with Gasteiger partial charge in [0.25, 0.3) is 0 Å². The van der Waals surface area contributed by atoms with Crippen molar-refractivity contribution in [2.75, 3.05) is 0 Å². The summed E-state index contributed by atoms with van der Waals surface area (Å²) in [5, 5.41) is 9.15. The molecular weight excluding hydrogens is 242 g/mol. The lowest BCUT2D eigenvalue weighted by Gasteiger charge is -2.21. The van der Waals surface area contributed by atoms with Gasteiger partial charge in [-0.25, -0.2) is 9.23 Å². The molecule has 17 heavy (non-hydrogen) atoms. The van der Waals surface area contributed by atoms with Crippen molar-refractivity contribution < 1.29 is 27.5 Å². The highest BCUT2D eigenvalue weighted by Gasteiger charge is 2.57. The molecule has 0 saturated heterocycles. The molecular formula is C10H7F4NO2. The smallest absolute Gasteiger partial charge is 0.354 e. The van der Waals surface area contributed by atoms with Gasteiger partial charge in [-0.2, -0.15) is 13.2 Å². The SMILES string of the molecule is OC1(C(F)(F)F)C=C(c2cccc(F)c2)NO1. The summed E-state index contributed by atoms with van der Waals surface area (Å²) in [6.45, 7) is 0. The van der Waals surface area contributed by atoms with Crippen LogP contribution in [0.1, 0.15) is 5.56 Å². The van der Waals surface area contributed by atoms with E-state index in [0.29, 0.717) is 6.08 Å². The molecule has 0 radical (unpaired) electrons. The molecule has 1 aromatic carbocycles. The zero-order valence-electron chi connectivity index (χ0n) is 8.25. The Kier molecular flexibility index (Phi) is 2.59. The zero-order valence-corrected chi connectivity index (χ0v) is 8.25. The van der Waals surface area contributed by atoms with E-state index in [9.17, 15) is 17.6 Å². The van der Waals surface area contributed by atoms with Crippen molar-refractivity contribution in [2.45, 2.75) is 12.0 Å². The summed E-state index contributed by atoms with van der Waals surface area (Å²) < 4.78 is 50.0. The quantitative estimate of drug-likeness (QED) is 0.747. The van der Waals surface area contributed by atoms with E-state index in [0.717, 1.165) is 12.1 Å². The minimum atomic E-state index is -4.98. The molecule has 1 aliphatic heterocycles. The van der Waals surface area contributed by atoms with Gasteiger partial charge in [-0.3, -0.25) is 5.48 Å². The van der Waals surface area contributed by atoms with Gasteiger partial charge in [0.2, 0.25) is 0 Å². The molecule has 2 rings (SSSR count). The monoisotopic (exact) mass is 249 g/mol. The maximum Gasteiger partial charge on any atom is 0.449 e. The van der Waals surface area contributed by atoms with Gasteiger partial charge in [0.15, 0.2) is 0 Å². The Hall–Kier alpha value is -1.60. The Bertz CT molecular complexity index is 472. The molecule has 1 atom stereocenters. The standard InChI is InChI=1S/C10H7F4NO2/c11-7-3-1-2-6(4-7)8-5-9(16,17-15-8)10(12,13)14/h1-5,15-16H. The van der Waals surface area contributed by atoms with E-state index in [-0.39, 0.29) is 11.3 Å². The van der Waals surface area contributed by atoms with Gasteiger partial charge in [0.1, 0.15) is 5.82 Å². The van der Waals surface area contributed by atoms with Crippen LogP contribution in [0.4, 0.5) is 17.6 Å². The molecule has 0 amide bonds. The third kappa shape index (κ3) is 2.11. The van der Waals surface area contributed by atoms with Gasteiger partial charge in [-0.15, -0.1) is 0 Å². The second-order valence-electron chi connectivity index (χ2n) is 3.47. The van der Waals surface area contributed by atoms with Gasteiger partial charge in [-0.1, -0.05) is 12.1 Å². The summed E-state index contributed by atoms with van der Waals surface area (Å²) in [5.74, 6) is -4.00. The van der Waals surface area contributed by atoms with Crippen LogP contribution in [0.2, 0.25) is 0 Å². The Morgan fingerprint density at radius 1 is 1.29 bits per heavy atom. The Morgan fingerprint density at radius 3 is 2.53 bits per heavy atom. The van der Waals surface area contributed by atoms with E-state index in [1.54, 1.807) is 0 Å². The normalized spacial score (nSPS) is 24.4. The van der Waals surface area contributed by atoms with Crippen molar-refractivity contribution in [1.82, 2.24) is 5.48 Å². The second-order valence-corrected chi connectivity index (χ2v) is 3.47. The van der Waals surface area contributed by atoms with Crippen LogP contribution in [-0.2, 0) is 4.84 Å². The first-order valence-electron chi connectivity index (χ1n) is 4.54. The molecule has 0 saturated carbocycles. The number of hydroxylamine groups is 1. The highest BCUT2D eigenvalue weighted by molar-refractivity contribution is 5.65.